The summed E-state index contributed by atoms with van der Waals surface area (Å²) in [7, 11) is 0. The summed E-state index contributed by atoms with van der Waals surface area (Å²) in [6, 6.07) is 0. The topological polar surface area (TPSA) is 0 Å². The van der Waals surface area contributed by atoms with E-state index in [1.807, 2.05) is 0 Å². The van der Waals surface area contributed by atoms with Crippen LogP contribution in [0.3, 0.4) is 0 Å². The van der Waals surface area contributed by atoms with E-state index in [0.717, 1.165) is 16.4 Å². The third-order valence-electron chi connectivity index (χ3n) is 1.93. The van der Waals surface area contributed by atoms with Gasteiger partial charge in [0.05, 0.1) is 0 Å². The zero-order valence-corrected chi connectivity index (χ0v) is 8.66. The molecule has 2 atom stereocenters. The molecule has 0 fully saturated rings. The van der Waals surface area contributed by atoms with Gasteiger partial charge >= 0.3 is 0 Å². The van der Waals surface area contributed by atoms with Crippen LogP contribution in [0.4, 0.5) is 0 Å². The quantitative estimate of drug-likeness (QED) is 0.606. The van der Waals surface area contributed by atoms with E-state index in [9.17, 15) is 0 Å². The van der Waals surface area contributed by atoms with Crippen LogP contribution >= 0.6 is 11.8 Å². The highest BCUT2D eigenvalue weighted by Crippen LogP contribution is 2.24. The first-order valence-electron chi connectivity index (χ1n) is 4.23. The lowest BCUT2D eigenvalue weighted by Gasteiger charge is -2.19. The van der Waals surface area contributed by atoms with Gasteiger partial charge in [0.2, 0.25) is 0 Å². The second kappa shape index (κ2) is 5.06. The Morgan fingerprint density at radius 1 is 1.10 bits per heavy atom. The molecule has 0 N–H and O–H groups in total. The summed E-state index contributed by atoms with van der Waals surface area (Å²) in [6.07, 6.45) is 1.31. The molecule has 2 unspecified atom stereocenters. The third kappa shape index (κ3) is 4.21. The maximum Gasteiger partial charge on any atom is 0.00468 e. The Morgan fingerprint density at radius 2 is 1.60 bits per heavy atom. The van der Waals surface area contributed by atoms with Gasteiger partial charge < -0.3 is 0 Å². The van der Waals surface area contributed by atoms with Gasteiger partial charge in [0, 0.05) is 5.25 Å². The molecule has 0 spiro atoms. The Labute approximate surface area is 69.8 Å². The summed E-state index contributed by atoms with van der Waals surface area (Å²) < 4.78 is 0. The normalized spacial score (nSPS) is 17.4. The maximum atomic E-state index is 2.33. The molecule has 0 radical (unpaired) electrons. The lowest BCUT2D eigenvalue weighted by atomic mass is 10.1. The predicted octanol–water partition coefficient (Wildman–Crippen LogP) is 3.56. The molecule has 0 aromatic rings. The van der Waals surface area contributed by atoms with Gasteiger partial charge in [-0.3, -0.25) is 0 Å². The van der Waals surface area contributed by atoms with Crippen molar-refractivity contribution in [3.05, 3.63) is 0 Å². The van der Waals surface area contributed by atoms with E-state index in [4.69, 9.17) is 0 Å². The zero-order valence-electron chi connectivity index (χ0n) is 7.85. The van der Waals surface area contributed by atoms with Crippen LogP contribution in [0.2, 0.25) is 0 Å². The Balaban J connectivity index is 3.50. The molecule has 62 valence electrons. The minimum atomic E-state index is 0.781. The van der Waals surface area contributed by atoms with Gasteiger partial charge in [-0.05, 0) is 11.2 Å². The Kier molecular flexibility index (Phi) is 5.24. The minimum Gasteiger partial charge on any atom is -0.156 e. The molecule has 0 aliphatic rings. The highest BCUT2D eigenvalue weighted by atomic mass is 32.2. The lowest BCUT2D eigenvalue weighted by Crippen LogP contribution is -2.11. The summed E-state index contributed by atoms with van der Waals surface area (Å²) >= 11 is 2.09. The van der Waals surface area contributed by atoms with E-state index in [1.165, 1.54) is 6.42 Å². The van der Waals surface area contributed by atoms with Crippen LogP contribution in [0, 0.1) is 5.92 Å². The van der Waals surface area contributed by atoms with Crippen molar-refractivity contribution in [3.63, 3.8) is 0 Å². The highest BCUT2D eigenvalue weighted by Gasteiger charge is 2.11. The summed E-state index contributed by atoms with van der Waals surface area (Å²) in [5, 5.41) is 1.61. The van der Waals surface area contributed by atoms with Crippen molar-refractivity contribution in [2.75, 3.05) is 0 Å². The number of hydrogen-bond donors (Lipinski definition) is 0. The van der Waals surface area contributed by atoms with Gasteiger partial charge in [0.15, 0.2) is 0 Å². The van der Waals surface area contributed by atoms with Gasteiger partial charge in [-0.1, -0.05) is 41.0 Å². The monoisotopic (exact) mass is 160 g/mol. The zero-order chi connectivity index (χ0) is 8.15. The largest absolute Gasteiger partial charge is 0.156 e. The molecule has 0 amide bonds. The van der Waals surface area contributed by atoms with Crippen LogP contribution in [0.25, 0.3) is 0 Å². The summed E-state index contributed by atoms with van der Waals surface area (Å²) in [5.74, 6) is 0.868. The molecule has 0 rings (SSSR count). The van der Waals surface area contributed by atoms with E-state index < -0.39 is 0 Å². The van der Waals surface area contributed by atoms with Crippen molar-refractivity contribution in [2.24, 2.45) is 5.92 Å². The number of thioether (sulfide) groups is 1. The van der Waals surface area contributed by atoms with E-state index >= 15 is 0 Å². The van der Waals surface area contributed by atoms with E-state index in [-0.39, 0.29) is 0 Å². The lowest BCUT2D eigenvalue weighted by molar-refractivity contribution is 0.556. The van der Waals surface area contributed by atoms with Crippen molar-refractivity contribution in [3.8, 4) is 0 Å². The van der Waals surface area contributed by atoms with Gasteiger partial charge in [0.25, 0.3) is 0 Å². The van der Waals surface area contributed by atoms with E-state index in [0.29, 0.717) is 0 Å². The average molecular weight is 160 g/mol. The van der Waals surface area contributed by atoms with Crippen LogP contribution in [-0.4, -0.2) is 10.5 Å². The second-order valence-corrected chi connectivity index (χ2v) is 5.23. The molecule has 10 heavy (non-hydrogen) atoms. The molecule has 0 aromatic carbocycles. The molecular formula is C9H20S. The molecule has 0 bridgehead atoms. The number of rotatable bonds is 4. The van der Waals surface area contributed by atoms with Crippen molar-refractivity contribution in [1.82, 2.24) is 0 Å². The van der Waals surface area contributed by atoms with Crippen LogP contribution in [0.5, 0.6) is 0 Å². The molecule has 0 nitrogen and oxygen atoms in total. The molecule has 0 aliphatic heterocycles. The van der Waals surface area contributed by atoms with Crippen LogP contribution in [0.15, 0.2) is 0 Å². The Hall–Kier alpha value is 0.350. The molecule has 0 saturated carbocycles. The molecule has 1 heteroatoms. The van der Waals surface area contributed by atoms with Crippen LogP contribution < -0.4 is 0 Å². The van der Waals surface area contributed by atoms with Crippen molar-refractivity contribution < 1.29 is 0 Å². The predicted molar refractivity (Wildman–Crippen MR) is 51.6 cm³/mol. The second-order valence-electron chi connectivity index (χ2n) is 3.28. The van der Waals surface area contributed by atoms with Crippen molar-refractivity contribution in [2.45, 2.75) is 51.5 Å². The van der Waals surface area contributed by atoms with Crippen molar-refractivity contribution >= 4 is 11.8 Å². The summed E-state index contributed by atoms with van der Waals surface area (Å²) in [5.41, 5.74) is 0. The molecule has 0 aromatic heterocycles. The minimum absolute atomic E-state index is 0.781. The highest BCUT2D eigenvalue weighted by molar-refractivity contribution is 8.00. The van der Waals surface area contributed by atoms with Gasteiger partial charge in [-0.25, -0.2) is 0 Å². The van der Waals surface area contributed by atoms with Crippen molar-refractivity contribution in [1.29, 1.82) is 0 Å². The molecular weight excluding hydrogens is 140 g/mol. The first kappa shape index (κ1) is 10.3. The third-order valence-corrected chi connectivity index (χ3v) is 3.37. The Morgan fingerprint density at radius 3 is 1.90 bits per heavy atom. The first-order valence-corrected chi connectivity index (χ1v) is 5.17. The first-order chi connectivity index (χ1) is 4.57. The summed E-state index contributed by atoms with van der Waals surface area (Å²) in [4.78, 5) is 0. The van der Waals surface area contributed by atoms with E-state index in [1.54, 1.807) is 0 Å². The van der Waals surface area contributed by atoms with Gasteiger partial charge in [-0.2, -0.15) is 11.8 Å². The molecule has 0 aliphatic carbocycles. The van der Waals surface area contributed by atoms with Gasteiger partial charge in [-0.15, -0.1) is 0 Å². The maximum absolute atomic E-state index is 2.33. The average Bonchev–Trinajstić information content (AvgIpc) is 1.85. The fourth-order valence-electron chi connectivity index (χ4n) is 0.895. The smallest absolute Gasteiger partial charge is 0.00468 e. The SMILES string of the molecule is CCC(C)C(C)SC(C)C. The molecule has 0 heterocycles. The van der Waals surface area contributed by atoms with E-state index in [2.05, 4.69) is 46.4 Å². The van der Waals surface area contributed by atoms with Gasteiger partial charge in [0.1, 0.15) is 0 Å². The Bertz CT molecular complexity index is 78.8. The fraction of sp³-hybridized carbons (Fsp3) is 1.00. The number of hydrogen-bond acceptors (Lipinski definition) is 1. The summed E-state index contributed by atoms with van der Waals surface area (Å²) in [6.45, 7) is 11.5. The molecule has 0 saturated heterocycles. The van der Waals surface area contributed by atoms with Crippen LogP contribution in [-0.2, 0) is 0 Å². The fourth-order valence-corrected chi connectivity index (χ4v) is 2.21. The van der Waals surface area contributed by atoms with Crippen LogP contribution in [0.1, 0.15) is 41.0 Å². The standard InChI is InChI=1S/C9H20S/c1-6-8(4)9(5)10-7(2)3/h7-9H,6H2,1-5H3.